The fourth-order valence-electron chi connectivity index (χ4n) is 5.24. The van der Waals surface area contributed by atoms with Crippen molar-refractivity contribution in [3.63, 3.8) is 0 Å². The van der Waals surface area contributed by atoms with Gasteiger partial charge >= 0.3 is 18.2 Å². The van der Waals surface area contributed by atoms with Crippen molar-refractivity contribution in [2.45, 2.75) is 38.7 Å². The van der Waals surface area contributed by atoms with Crippen LogP contribution >= 0.6 is 0 Å². The predicted octanol–water partition coefficient (Wildman–Crippen LogP) is 6.21. The summed E-state index contributed by atoms with van der Waals surface area (Å²) < 4.78 is 12.5. The zero-order valence-corrected chi connectivity index (χ0v) is 22.7. The summed E-state index contributed by atoms with van der Waals surface area (Å²) in [5.41, 5.74) is 5.07. The van der Waals surface area contributed by atoms with Gasteiger partial charge in [-0.1, -0.05) is 66.7 Å². The van der Waals surface area contributed by atoms with Crippen LogP contribution in [-0.4, -0.2) is 46.6 Å². The Morgan fingerprint density at radius 3 is 2.15 bits per heavy atom. The fraction of sp³-hybridized carbons (Fsp3) is 0.281. The van der Waals surface area contributed by atoms with Gasteiger partial charge in [-0.2, -0.15) is 0 Å². The van der Waals surface area contributed by atoms with Crippen LogP contribution in [0.3, 0.4) is 0 Å². The van der Waals surface area contributed by atoms with Gasteiger partial charge in [0.25, 0.3) is 0 Å². The Morgan fingerprint density at radius 1 is 0.925 bits per heavy atom. The molecule has 1 heterocycles. The van der Waals surface area contributed by atoms with Crippen LogP contribution in [-0.2, 0) is 20.7 Å². The number of hydrogen-bond acceptors (Lipinski definition) is 5. The zero-order chi connectivity index (χ0) is 28.4. The van der Waals surface area contributed by atoms with Crippen LogP contribution in [0.5, 0.6) is 0 Å². The maximum absolute atomic E-state index is 12.8. The van der Waals surface area contributed by atoms with Gasteiger partial charge in [-0.05, 0) is 61.1 Å². The van der Waals surface area contributed by atoms with Crippen LogP contribution in [0.15, 0.2) is 79.0 Å². The summed E-state index contributed by atoms with van der Waals surface area (Å²) in [7, 11) is 0. The van der Waals surface area contributed by atoms with Crippen LogP contribution < -0.4 is 5.32 Å². The van der Waals surface area contributed by atoms with Crippen LogP contribution in [0.4, 0.5) is 9.59 Å². The third-order valence-corrected chi connectivity index (χ3v) is 7.04. The quantitative estimate of drug-likeness (QED) is 0.289. The molecule has 0 unspecified atom stereocenters. The molecular formula is C32H32N2O6. The van der Waals surface area contributed by atoms with Gasteiger partial charge in [0.05, 0.1) is 11.4 Å². The molecule has 206 valence electrons. The number of nitrogens with one attached hydrogen (secondary N) is 1. The lowest BCUT2D eigenvalue weighted by atomic mass is 9.98. The number of aromatic nitrogens is 1. The lowest BCUT2D eigenvalue weighted by molar-refractivity contribution is -0.141. The molecule has 2 N–H and O–H groups in total. The monoisotopic (exact) mass is 540 g/mol. The van der Waals surface area contributed by atoms with Crippen LogP contribution in [0.2, 0.25) is 0 Å². The summed E-state index contributed by atoms with van der Waals surface area (Å²) in [6.07, 6.45) is 0.500. The van der Waals surface area contributed by atoms with E-state index in [1.54, 1.807) is 39.1 Å². The molecule has 1 aliphatic rings. The first-order chi connectivity index (χ1) is 19.1. The van der Waals surface area contributed by atoms with Gasteiger partial charge in [0.1, 0.15) is 12.2 Å². The van der Waals surface area contributed by atoms with Crippen molar-refractivity contribution >= 4 is 29.1 Å². The maximum atomic E-state index is 12.8. The highest BCUT2D eigenvalue weighted by Crippen LogP contribution is 2.44. The van der Waals surface area contributed by atoms with E-state index in [4.69, 9.17) is 9.47 Å². The summed E-state index contributed by atoms with van der Waals surface area (Å²) in [6, 6.07) is 23.4. The molecule has 3 aromatic carbocycles. The number of carbonyl (C=O) groups excluding carboxylic acids is 2. The minimum Gasteiger partial charge on any atom is -0.481 e. The number of carboxylic acid groups (broad SMARTS) is 1. The second-order valence-corrected chi connectivity index (χ2v) is 11.0. The van der Waals surface area contributed by atoms with E-state index in [0.717, 1.165) is 27.6 Å². The Bertz CT molecular complexity index is 1540. The lowest BCUT2D eigenvalue weighted by Crippen LogP contribution is -2.35. The smallest absolute Gasteiger partial charge is 0.419 e. The second-order valence-electron chi connectivity index (χ2n) is 11.0. The number of carboxylic acids is 1. The largest absolute Gasteiger partial charge is 0.481 e. The number of aliphatic carboxylic acids is 1. The number of alkyl carbamates (subject to hydrolysis) is 1. The maximum Gasteiger partial charge on any atom is 0.419 e. The van der Waals surface area contributed by atoms with E-state index in [2.05, 4.69) is 17.4 Å². The van der Waals surface area contributed by atoms with Crippen molar-refractivity contribution in [1.82, 2.24) is 9.88 Å². The number of hydrogen-bond donors (Lipinski definition) is 2. The third-order valence-electron chi connectivity index (χ3n) is 7.04. The first-order valence-corrected chi connectivity index (χ1v) is 13.3. The summed E-state index contributed by atoms with van der Waals surface area (Å²) in [5, 5.41) is 13.3. The lowest BCUT2D eigenvalue weighted by Gasteiger charge is -2.19. The van der Waals surface area contributed by atoms with Crippen molar-refractivity contribution in [3.8, 4) is 11.1 Å². The summed E-state index contributed by atoms with van der Waals surface area (Å²) in [6.45, 7) is 5.37. The fourth-order valence-corrected chi connectivity index (χ4v) is 5.24. The first-order valence-electron chi connectivity index (χ1n) is 13.3. The molecular weight excluding hydrogens is 508 g/mol. The van der Waals surface area contributed by atoms with Crippen molar-refractivity contribution in [2.24, 2.45) is 5.92 Å². The molecule has 40 heavy (non-hydrogen) atoms. The average molecular weight is 541 g/mol. The highest BCUT2D eigenvalue weighted by molar-refractivity contribution is 5.92. The number of ether oxygens (including phenoxy) is 2. The van der Waals surface area contributed by atoms with Gasteiger partial charge in [-0.25, -0.2) is 9.59 Å². The van der Waals surface area contributed by atoms with Gasteiger partial charge in [0.2, 0.25) is 0 Å². The molecule has 1 aromatic heterocycles. The average Bonchev–Trinajstić information content (AvgIpc) is 3.44. The van der Waals surface area contributed by atoms with Crippen LogP contribution in [0, 0.1) is 5.92 Å². The number of carbonyl (C=O) groups is 3. The Hall–Kier alpha value is -4.59. The van der Waals surface area contributed by atoms with Crippen LogP contribution in [0.25, 0.3) is 22.0 Å². The van der Waals surface area contributed by atoms with Gasteiger partial charge in [0.15, 0.2) is 0 Å². The molecule has 8 nitrogen and oxygen atoms in total. The highest BCUT2D eigenvalue weighted by Gasteiger charge is 2.29. The first kappa shape index (κ1) is 27.0. The summed E-state index contributed by atoms with van der Waals surface area (Å²) in [5.74, 6) is -2.08. The number of fused-ring (bicyclic) bond motifs is 4. The number of amides is 1. The van der Waals surface area contributed by atoms with E-state index < -0.39 is 29.7 Å². The molecule has 1 aliphatic carbocycles. The third kappa shape index (κ3) is 5.57. The second kappa shape index (κ2) is 10.9. The minimum absolute atomic E-state index is 0.0904. The molecule has 4 aromatic rings. The van der Waals surface area contributed by atoms with E-state index in [9.17, 15) is 19.5 Å². The standard InChI is InChI=1S/C32H32N2O6/c1-32(2,3)40-31(38)34-18-21(22-10-8-9-15-28(22)34)16-20(29(35)36)17-33-30(37)39-19-27-25-13-6-4-11-23(25)24-12-5-7-14-26(24)27/h4-15,18,20,27H,16-17,19H2,1-3H3,(H,33,37)(H,35,36)/t20-/m0/s1. The number of nitrogens with zero attached hydrogens (tertiary/aromatic N) is 1. The van der Waals surface area contributed by atoms with Crippen molar-refractivity contribution in [2.75, 3.05) is 13.2 Å². The minimum atomic E-state index is -1.06. The number of rotatable bonds is 7. The van der Waals surface area contributed by atoms with Gasteiger partial charge in [0, 0.05) is 24.0 Å². The predicted molar refractivity (Wildman–Crippen MR) is 151 cm³/mol. The van der Waals surface area contributed by atoms with Gasteiger partial charge in [-0.15, -0.1) is 0 Å². The highest BCUT2D eigenvalue weighted by atomic mass is 16.6. The summed E-state index contributed by atoms with van der Waals surface area (Å²) in [4.78, 5) is 37.6. The number of para-hydroxylation sites is 1. The SMILES string of the molecule is CC(C)(C)OC(=O)n1cc(C[C@@H](CNC(=O)OCC2c3ccccc3-c3ccccc32)C(=O)O)c2ccccc21. The van der Waals surface area contributed by atoms with Crippen LogP contribution in [0.1, 0.15) is 43.4 Å². The Morgan fingerprint density at radius 2 is 1.52 bits per heavy atom. The van der Waals surface area contributed by atoms with Crippen molar-refractivity contribution < 1.29 is 29.0 Å². The normalized spacial score (nSPS) is 13.4. The molecule has 0 radical (unpaired) electrons. The summed E-state index contributed by atoms with van der Waals surface area (Å²) >= 11 is 0. The van der Waals surface area contributed by atoms with E-state index in [0.29, 0.717) is 11.1 Å². The Balaban J connectivity index is 1.25. The molecule has 0 spiro atoms. The molecule has 0 saturated carbocycles. The number of benzene rings is 3. The molecule has 1 atom stereocenters. The Kier molecular flexibility index (Phi) is 7.34. The van der Waals surface area contributed by atoms with E-state index in [-0.39, 0.29) is 25.5 Å². The van der Waals surface area contributed by atoms with E-state index in [1.165, 1.54) is 4.57 Å². The molecule has 0 fully saturated rings. The van der Waals surface area contributed by atoms with E-state index >= 15 is 0 Å². The molecule has 5 rings (SSSR count). The zero-order valence-electron chi connectivity index (χ0n) is 22.7. The Labute approximate surface area is 232 Å². The molecule has 1 amide bonds. The van der Waals surface area contributed by atoms with Crippen molar-refractivity contribution in [3.05, 3.63) is 95.7 Å². The molecule has 0 aliphatic heterocycles. The molecule has 0 bridgehead atoms. The van der Waals surface area contributed by atoms with Gasteiger partial charge < -0.3 is 19.9 Å². The van der Waals surface area contributed by atoms with E-state index in [1.807, 2.05) is 48.5 Å². The van der Waals surface area contributed by atoms with Gasteiger partial charge in [-0.3, -0.25) is 9.36 Å². The topological polar surface area (TPSA) is 107 Å². The molecule has 8 heteroatoms. The molecule has 0 saturated heterocycles. The van der Waals surface area contributed by atoms with Crippen molar-refractivity contribution in [1.29, 1.82) is 0 Å².